The molecule has 0 spiro atoms. The summed E-state index contributed by atoms with van der Waals surface area (Å²) in [4.78, 5) is 12.9. The van der Waals surface area contributed by atoms with Crippen molar-refractivity contribution in [2.45, 2.75) is 39.0 Å². The van der Waals surface area contributed by atoms with E-state index in [1.165, 1.54) is 16.2 Å². The van der Waals surface area contributed by atoms with E-state index in [-0.39, 0.29) is 12.5 Å². The van der Waals surface area contributed by atoms with Gasteiger partial charge in [0, 0.05) is 17.9 Å². The molecule has 102 valence electrons. The standard InChI is InChI=1S/C14H18N2O2S/c1-9-4-5-10-11(8-15)14(19-12(10)7-9)16-13(18)3-2-6-17/h9,17H,2-7H2,1H3,(H,16,18). The van der Waals surface area contributed by atoms with Gasteiger partial charge < -0.3 is 10.4 Å². The van der Waals surface area contributed by atoms with Crippen LogP contribution in [0, 0.1) is 17.2 Å². The van der Waals surface area contributed by atoms with Gasteiger partial charge in [-0.15, -0.1) is 11.3 Å². The molecule has 0 aromatic carbocycles. The van der Waals surface area contributed by atoms with Crippen LogP contribution in [-0.4, -0.2) is 17.6 Å². The molecule has 1 aromatic rings. The lowest BCUT2D eigenvalue weighted by Crippen LogP contribution is -2.12. The number of thiophene rings is 1. The maximum Gasteiger partial charge on any atom is 0.225 e. The van der Waals surface area contributed by atoms with Crippen LogP contribution in [0.4, 0.5) is 5.00 Å². The summed E-state index contributed by atoms with van der Waals surface area (Å²) in [7, 11) is 0. The normalized spacial score (nSPS) is 17.6. The van der Waals surface area contributed by atoms with Crippen LogP contribution in [0.25, 0.3) is 0 Å². The van der Waals surface area contributed by atoms with Crippen LogP contribution in [0.1, 0.15) is 42.2 Å². The first-order valence-electron chi connectivity index (χ1n) is 6.61. The number of hydrogen-bond donors (Lipinski definition) is 2. The summed E-state index contributed by atoms with van der Waals surface area (Å²) in [6.45, 7) is 2.23. The molecule has 0 saturated carbocycles. The number of amides is 1. The van der Waals surface area contributed by atoms with Crippen molar-refractivity contribution in [2.24, 2.45) is 5.92 Å². The van der Waals surface area contributed by atoms with Gasteiger partial charge in [0.1, 0.15) is 11.1 Å². The number of anilines is 1. The number of aliphatic hydroxyl groups excluding tert-OH is 1. The highest BCUT2D eigenvalue weighted by molar-refractivity contribution is 7.16. The van der Waals surface area contributed by atoms with Crippen LogP contribution in [0.3, 0.4) is 0 Å². The quantitative estimate of drug-likeness (QED) is 0.888. The lowest BCUT2D eigenvalue weighted by atomic mass is 9.89. The highest BCUT2D eigenvalue weighted by Crippen LogP contribution is 2.39. The maximum absolute atomic E-state index is 11.7. The largest absolute Gasteiger partial charge is 0.396 e. The van der Waals surface area contributed by atoms with E-state index in [2.05, 4.69) is 18.3 Å². The highest BCUT2D eigenvalue weighted by atomic mass is 32.1. The minimum Gasteiger partial charge on any atom is -0.396 e. The summed E-state index contributed by atoms with van der Waals surface area (Å²) in [6.07, 6.45) is 3.79. The number of hydrogen-bond acceptors (Lipinski definition) is 4. The predicted octanol–water partition coefficient (Wildman–Crippen LogP) is 2.46. The molecule has 0 fully saturated rings. The van der Waals surface area contributed by atoms with E-state index in [0.717, 1.165) is 24.8 Å². The Morgan fingerprint density at radius 2 is 2.42 bits per heavy atom. The molecule has 4 nitrogen and oxygen atoms in total. The highest BCUT2D eigenvalue weighted by Gasteiger charge is 2.24. The van der Waals surface area contributed by atoms with Gasteiger partial charge in [0.15, 0.2) is 0 Å². The van der Waals surface area contributed by atoms with Gasteiger partial charge in [-0.05, 0) is 37.2 Å². The molecule has 2 rings (SSSR count). The summed E-state index contributed by atoms with van der Waals surface area (Å²) in [5.41, 5.74) is 1.77. The van der Waals surface area contributed by atoms with Crippen LogP contribution in [-0.2, 0) is 17.6 Å². The van der Waals surface area contributed by atoms with Gasteiger partial charge in [0.05, 0.1) is 5.56 Å². The predicted molar refractivity (Wildman–Crippen MR) is 75.2 cm³/mol. The van der Waals surface area contributed by atoms with Crippen molar-refractivity contribution in [3.8, 4) is 6.07 Å². The fraction of sp³-hybridized carbons (Fsp3) is 0.571. The molecule has 1 aromatic heterocycles. The monoisotopic (exact) mass is 278 g/mol. The van der Waals surface area contributed by atoms with Gasteiger partial charge >= 0.3 is 0 Å². The van der Waals surface area contributed by atoms with Gasteiger partial charge in [-0.2, -0.15) is 5.26 Å². The van der Waals surface area contributed by atoms with Crippen molar-refractivity contribution in [2.75, 3.05) is 11.9 Å². The number of nitrogens with one attached hydrogen (secondary N) is 1. The minimum atomic E-state index is -0.128. The van der Waals surface area contributed by atoms with Gasteiger partial charge in [0.2, 0.25) is 5.91 Å². The molecule has 19 heavy (non-hydrogen) atoms. The fourth-order valence-electron chi connectivity index (χ4n) is 2.39. The van der Waals surface area contributed by atoms with E-state index in [1.807, 2.05) is 0 Å². The van der Waals surface area contributed by atoms with Crippen molar-refractivity contribution in [1.82, 2.24) is 0 Å². The molecule has 1 aliphatic rings. The molecule has 0 saturated heterocycles. The number of fused-ring (bicyclic) bond motifs is 1. The summed E-state index contributed by atoms with van der Waals surface area (Å²) >= 11 is 1.54. The van der Waals surface area contributed by atoms with Crippen molar-refractivity contribution in [1.29, 1.82) is 5.26 Å². The second-order valence-corrected chi connectivity index (χ2v) is 6.15. The van der Waals surface area contributed by atoms with Gasteiger partial charge in [0.25, 0.3) is 0 Å². The molecule has 0 bridgehead atoms. The zero-order valence-electron chi connectivity index (χ0n) is 11.0. The summed E-state index contributed by atoms with van der Waals surface area (Å²) in [5, 5.41) is 21.5. The number of nitriles is 1. The molecule has 1 atom stereocenters. The first kappa shape index (κ1) is 14.0. The zero-order chi connectivity index (χ0) is 13.8. The van der Waals surface area contributed by atoms with E-state index in [4.69, 9.17) is 5.11 Å². The smallest absolute Gasteiger partial charge is 0.225 e. The van der Waals surface area contributed by atoms with Gasteiger partial charge in [-0.25, -0.2) is 0 Å². The van der Waals surface area contributed by atoms with Crippen molar-refractivity contribution in [3.05, 3.63) is 16.0 Å². The van der Waals surface area contributed by atoms with Gasteiger partial charge in [-0.1, -0.05) is 6.92 Å². The SMILES string of the molecule is CC1CCc2c(sc(NC(=O)CCCO)c2C#N)C1. The Balaban J connectivity index is 2.17. The average molecular weight is 278 g/mol. The van der Waals surface area contributed by atoms with Gasteiger partial charge in [-0.3, -0.25) is 4.79 Å². The molecule has 1 unspecified atom stereocenters. The Morgan fingerprint density at radius 3 is 3.11 bits per heavy atom. The summed E-state index contributed by atoms with van der Waals surface area (Å²) < 4.78 is 0. The number of aliphatic hydroxyl groups is 1. The second kappa shape index (κ2) is 6.18. The Hall–Kier alpha value is -1.38. The lowest BCUT2D eigenvalue weighted by Gasteiger charge is -2.17. The molecular weight excluding hydrogens is 260 g/mol. The zero-order valence-corrected chi connectivity index (χ0v) is 11.8. The minimum absolute atomic E-state index is 0.0109. The molecule has 0 aliphatic heterocycles. The summed E-state index contributed by atoms with van der Waals surface area (Å²) in [5.74, 6) is 0.521. The molecule has 1 amide bonds. The van der Waals surface area contributed by atoms with Crippen LogP contribution in [0.2, 0.25) is 0 Å². The van der Waals surface area contributed by atoms with Crippen molar-refractivity contribution >= 4 is 22.2 Å². The lowest BCUT2D eigenvalue weighted by molar-refractivity contribution is -0.116. The van der Waals surface area contributed by atoms with Crippen LogP contribution in [0.5, 0.6) is 0 Å². The molecular formula is C14H18N2O2S. The van der Waals surface area contributed by atoms with Crippen LogP contribution in [0.15, 0.2) is 0 Å². The first-order valence-corrected chi connectivity index (χ1v) is 7.42. The topological polar surface area (TPSA) is 73.1 Å². The average Bonchev–Trinajstić information content (AvgIpc) is 2.72. The van der Waals surface area contributed by atoms with E-state index in [1.54, 1.807) is 0 Å². The van der Waals surface area contributed by atoms with Crippen molar-refractivity contribution in [3.63, 3.8) is 0 Å². The Bertz CT molecular complexity index is 516. The Kier molecular flexibility index (Phi) is 4.56. The van der Waals surface area contributed by atoms with E-state index in [9.17, 15) is 10.1 Å². The van der Waals surface area contributed by atoms with E-state index in [0.29, 0.717) is 29.3 Å². The second-order valence-electron chi connectivity index (χ2n) is 5.04. The fourth-order valence-corrected chi connectivity index (χ4v) is 3.76. The van der Waals surface area contributed by atoms with E-state index >= 15 is 0 Å². The van der Waals surface area contributed by atoms with E-state index < -0.39 is 0 Å². The molecule has 1 heterocycles. The number of carbonyl (C=O) groups excluding carboxylic acids is 1. The number of rotatable bonds is 4. The Morgan fingerprint density at radius 1 is 1.63 bits per heavy atom. The third-order valence-electron chi connectivity index (χ3n) is 3.44. The molecule has 0 radical (unpaired) electrons. The number of nitrogens with zero attached hydrogens (tertiary/aromatic N) is 1. The summed E-state index contributed by atoms with van der Waals surface area (Å²) in [6, 6.07) is 2.23. The van der Waals surface area contributed by atoms with Crippen LogP contribution < -0.4 is 5.32 Å². The van der Waals surface area contributed by atoms with Crippen molar-refractivity contribution < 1.29 is 9.90 Å². The number of carbonyl (C=O) groups is 1. The molecule has 1 aliphatic carbocycles. The molecule has 2 N–H and O–H groups in total. The molecule has 5 heteroatoms. The van der Waals surface area contributed by atoms with Crippen LogP contribution >= 0.6 is 11.3 Å². The third-order valence-corrected chi connectivity index (χ3v) is 4.61. The maximum atomic E-state index is 11.7. The third kappa shape index (κ3) is 3.14. The first-order chi connectivity index (χ1) is 9.15. The Labute approximate surface area is 117 Å².